The van der Waals surface area contributed by atoms with E-state index in [1.807, 2.05) is 36.4 Å². The largest absolute Gasteiger partial charge is 0.482 e. The second-order valence-corrected chi connectivity index (χ2v) is 6.63. The van der Waals surface area contributed by atoms with Crippen LogP contribution in [0, 0.1) is 0 Å². The number of rotatable bonds is 6. The number of hydrogen-bond acceptors (Lipinski definition) is 6. The molecule has 0 spiro atoms. The first-order valence-corrected chi connectivity index (χ1v) is 9.19. The number of para-hydroxylation sites is 1. The average molecular weight is 390 g/mol. The number of hydrogen-bond donors (Lipinski definition) is 1. The molecule has 0 saturated heterocycles. The molecule has 0 saturated carbocycles. The number of ether oxygens (including phenoxy) is 2. The number of aryl methyl sites for hydroxylation is 1. The van der Waals surface area contributed by atoms with E-state index in [-0.39, 0.29) is 31.3 Å². The highest BCUT2D eigenvalue weighted by Crippen LogP contribution is 2.28. The molecule has 1 N–H and O–H groups in total. The zero-order chi connectivity index (χ0) is 20.2. The summed E-state index contributed by atoms with van der Waals surface area (Å²) in [4.78, 5) is 40.2. The molecule has 7 nitrogen and oxygen atoms in total. The van der Waals surface area contributed by atoms with Gasteiger partial charge < -0.3 is 14.8 Å². The number of aromatic nitrogens is 1. The van der Waals surface area contributed by atoms with Gasteiger partial charge in [0.25, 0.3) is 5.91 Å². The number of nitrogens with zero attached hydrogens (tertiary/aromatic N) is 1. The lowest BCUT2D eigenvalue weighted by Gasteiger charge is -2.18. The van der Waals surface area contributed by atoms with Crippen molar-refractivity contribution in [3.63, 3.8) is 0 Å². The van der Waals surface area contributed by atoms with E-state index in [0.717, 1.165) is 16.6 Å². The molecule has 29 heavy (non-hydrogen) atoms. The summed E-state index contributed by atoms with van der Waals surface area (Å²) < 4.78 is 10.4. The summed E-state index contributed by atoms with van der Waals surface area (Å²) in [5.41, 5.74) is 2.42. The number of fused-ring (bicyclic) bond motifs is 2. The van der Waals surface area contributed by atoms with Gasteiger partial charge in [-0.2, -0.15) is 0 Å². The monoisotopic (exact) mass is 390 g/mol. The smallest absolute Gasteiger partial charge is 0.306 e. The van der Waals surface area contributed by atoms with Crippen molar-refractivity contribution in [2.75, 3.05) is 18.5 Å². The molecule has 0 atom stereocenters. The number of carbonyl (C=O) groups is 3. The van der Waals surface area contributed by atoms with E-state index in [1.54, 1.807) is 12.1 Å². The number of benzene rings is 2. The predicted molar refractivity (Wildman–Crippen MR) is 106 cm³/mol. The molecule has 0 radical (unpaired) electrons. The van der Waals surface area contributed by atoms with Crippen molar-refractivity contribution in [1.82, 2.24) is 4.98 Å². The summed E-state index contributed by atoms with van der Waals surface area (Å²) in [5.74, 6) is -0.607. The van der Waals surface area contributed by atoms with E-state index in [0.29, 0.717) is 23.4 Å². The molecule has 1 aliphatic heterocycles. The van der Waals surface area contributed by atoms with Gasteiger partial charge in [0.1, 0.15) is 5.75 Å². The minimum Gasteiger partial charge on any atom is -0.482 e. The first kappa shape index (κ1) is 18.6. The lowest BCUT2D eigenvalue weighted by Crippen LogP contribution is -2.25. The van der Waals surface area contributed by atoms with E-state index in [1.165, 1.54) is 6.07 Å². The van der Waals surface area contributed by atoms with Crippen LogP contribution in [0.25, 0.3) is 10.9 Å². The van der Waals surface area contributed by atoms with Gasteiger partial charge in [-0.05, 0) is 30.3 Å². The van der Waals surface area contributed by atoms with Gasteiger partial charge in [0.05, 0.1) is 17.6 Å². The highest BCUT2D eigenvalue weighted by Gasteiger charge is 2.18. The lowest BCUT2D eigenvalue weighted by atomic mass is 10.1. The maximum atomic E-state index is 12.3. The molecule has 1 aliphatic rings. The third kappa shape index (κ3) is 4.40. The van der Waals surface area contributed by atoms with Crippen LogP contribution in [0.1, 0.15) is 22.5 Å². The fourth-order valence-corrected chi connectivity index (χ4v) is 3.04. The minimum atomic E-state index is -0.470. The summed E-state index contributed by atoms with van der Waals surface area (Å²) in [6.07, 6.45) is 0.562. The molecular weight excluding hydrogens is 372 g/mol. The van der Waals surface area contributed by atoms with E-state index >= 15 is 0 Å². The zero-order valence-corrected chi connectivity index (χ0v) is 15.5. The molecule has 2 aromatic carbocycles. The lowest BCUT2D eigenvalue weighted by molar-refractivity contribution is -0.142. The summed E-state index contributed by atoms with van der Waals surface area (Å²) in [6, 6.07) is 16.3. The number of esters is 1. The van der Waals surface area contributed by atoms with Gasteiger partial charge in [0.2, 0.25) is 0 Å². The number of carbonyl (C=O) groups excluding carboxylic acids is 3. The fourth-order valence-electron chi connectivity index (χ4n) is 3.04. The predicted octanol–water partition coefficient (Wildman–Crippen LogP) is 2.92. The Hall–Kier alpha value is -3.74. The van der Waals surface area contributed by atoms with Gasteiger partial charge in [0.15, 0.2) is 19.0 Å². The Bertz CT molecular complexity index is 1110. The van der Waals surface area contributed by atoms with Crippen molar-refractivity contribution in [2.45, 2.75) is 12.8 Å². The Kier molecular flexibility index (Phi) is 5.20. The van der Waals surface area contributed by atoms with Gasteiger partial charge in [-0.3, -0.25) is 19.4 Å². The van der Waals surface area contributed by atoms with E-state index in [2.05, 4.69) is 10.3 Å². The molecule has 0 fully saturated rings. The Morgan fingerprint density at radius 3 is 2.86 bits per heavy atom. The Balaban J connectivity index is 1.30. The molecule has 1 amide bonds. The standard InChI is InChI=1S/C22H18N2O5/c25-19(15-6-9-20-18(11-15)24-21(26)13-28-20)12-29-22(27)10-8-16-7-5-14-3-1-2-4-17(14)23-16/h1-7,9,11H,8,10,12-13H2,(H,24,26). The molecule has 3 aromatic rings. The Morgan fingerprint density at radius 2 is 1.97 bits per heavy atom. The molecule has 7 heteroatoms. The van der Waals surface area contributed by atoms with E-state index in [9.17, 15) is 14.4 Å². The normalized spacial score (nSPS) is 12.6. The van der Waals surface area contributed by atoms with Crippen LogP contribution in [-0.2, 0) is 20.7 Å². The molecule has 146 valence electrons. The second kappa shape index (κ2) is 8.10. The van der Waals surface area contributed by atoms with Crippen LogP contribution in [0.15, 0.2) is 54.6 Å². The fraction of sp³-hybridized carbons (Fsp3) is 0.182. The quantitative estimate of drug-likeness (QED) is 0.514. The van der Waals surface area contributed by atoms with Crippen molar-refractivity contribution in [3.05, 3.63) is 65.9 Å². The number of ketones is 1. The number of nitrogens with one attached hydrogen (secondary N) is 1. The van der Waals surface area contributed by atoms with Gasteiger partial charge in [0, 0.05) is 23.1 Å². The average Bonchev–Trinajstić information content (AvgIpc) is 2.75. The topological polar surface area (TPSA) is 94.6 Å². The highest BCUT2D eigenvalue weighted by molar-refractivity contribution is 6.01. The van der Waals surface area contributed by atoms with Crippen molar-refractivity contribution in [3.8, 4) is 5.75 Å². The summed E-state index contributed by atoms with van der Waals surface area (Å²) in [7, 11) is 0. The van der Waals surface area contributed by atoms with Gasteiger partial charge in [-0.15, -0.1) is 0 Å². The van der Waals surface area contributed by atoms with Gasteiger partial charge in [-0.1, -0.05) is 24.3 Å². The molecule has 1 aromatic heterocycles. The number of amides is 1. The molecule has 0 aliphatic carbocycles. The minimum absolute atomic E-state index is 0.0516. The third-order valence-corrected chi connectivity index (χ3v) is 4.54. The number of anilines is 1. The van der Waals surface area contributed by atoms with Crippen molar-refractivity contribution < 1.29 is 23.9 Å². The summed E-state index contributed by atoms with van der Waals surface area (Å²) in [6.45, 7) is -0.415. The van der Waals surface area contributed by atoms with E-state index in [4.69, 9.17) is 9.47 Å². The highest BCUT2D eigenvalue weighted by atomic mass is 16.5. The molecule has 0 unspecified atom stereocenters. The SMILES string of the molecule is O=C1COc2ccc(C(=O)COC(=O)CCc3ccc4ccccc4n3)cc2N1. The molecular formula is C22H18N2O5. The zero-order valence-electron chi connectivity index (χ0n) is 15.5. The molecule has 2 heterocycles. The van der Waals surface area contributed by atoms with Crippen molar-refractivity contribution in [1.29, 1.82) is 0 Å². The van der Waals surface area contributed by atoms with Crippen LogP contribution in [0.5, 0.6) is 5.75 Å². The molecule has 0 bridgehead atoms. The van der Waals surface area contributed by atoms with Crippen molar-refractivity contribution in [2.24, 2.45) is 0 Å². The van der Waals surface area contributed by atoms with Crippen LogP contribution >= 0.6 is 0 Å². The molecule has 4 rings (SSSR count). The first-order chi connectivity index (χ1) is 14.1. The third-order valence-electron chi connectivity index (χ3n) is 4.54. The Morgan fingerprint density at radius 1 is 1.10 bits per heavy atom. The van der Waals surface area contributed by atoms with Crippen LogP contribution in [0.2, 0.25) is 0 Å². The van der Waals surface area contributed by atoms with Crippen LogP contribution in [0.3, 0.4) is 0 Å². The number of pyridine rings is 1. The Labute approximate surface area is 166 Å². The van der Waals surface area contributed by atoms with Gasteiger partial charge >= 0.3 is 5.97 Å². The second-order valence-electron chi connectivity index (χ2n) is 6.63. The summed E-state index contributed by atoms with van der Waals surface area (Å²) >= 11 is 0. The maximum absolute atomic E-state index is 12.3. The summed E-state index contributed by atoms with van der Waals surface area (Å²) in [5, 5.41) is 3.68. The van der Waals surface area contributed by atoms with Gasteiger partial charge in [-0.25, -0.2) is 0 Å². The van der Waals surface area contributed by atoms with Crippen LogP contribution in [0.4, 0.5) is 5.69 Å². The van der Waals surface area contributed by atoms with E-state index < -0.39 is 5.97 Å². The maximum Gasteiger partial charge on any atom is 0.306 e. The van der Waals surface area contributed by atoms with Crippen LogP contribution in [-0.4, -0.2) is 35.9 Å². The van der Waals surface area contributed by atoms with Crippen molar-refractivity contribution >= 4 is 34.3 Å². The number of Topliss-reactive ketones (excluding diaryl/α,β-unsaturated/α-hetero) is 1. The van der Waals surface area contributed by atoms with Crippen LogP contribution < -0.4 is 10.1 Å². The first-order valence-electron chi connectivity index (χ1n) is 9.19.